The smallest absolute Gasteiger partial charge is 0.339 e. The maximum Gasteiger partial charge on any atom is 0.339 e. The normalized spacial score (nSPS) is 9.57. The van der Waals surface area contributed by atoms with Crippen LogP contribution in [-0.2, 0) is 4.74 Å². The van der Waals surface area contributed by atoms with E-state index in [-0.39, 0.29) is 5.97 Å². The molecule has 0 radical (unpaired) electrons. The van der Waals surface area contributed by atoms with E-state index in [1.54, 1.807) is 19.1 Å². The van der Waals surface area contributed by atoms with E-state index in [0.717, 1.165) is 11.3 Å². The fraction of sp³-hybridized carbons (Fsp3) is 0.273. The predicted octanol–water partition coefficient (Wildman–Crippen LogP) is 2.21. The second-order valence-corrected chi connectivity index (χ2v) is 2.82. The first-order chi connectivity index (χ1) is 6.69. The second-order valence-electron chi connectivity index (χ2n) is 2.82. The lowest BCUT2D eigenvalue weighted by molar-refractivity contribution is 0.0526. The van der Waals surface area contributed by atoms with Crippen LogP contribution in [0.2, 0.25) is 0 Å². The van der Waals surface area contributed by atoms with E-state index in [1.165, 1.54) is 6.20 Å². The lowest BCUT2D eigenvalue weighted by Crippen LogP contribution is -2.06. The SMILES string of the molecule is C=Cc1cc(C(=O)OCC)cnc1C. The van der Waals surface area contributed by atoms with Crippen LogP contribution in [-0.4, -0.2) is 17.6 Å². The summed E-state index contributed by atoms with van der Waals surface area (Å²) in [6.07, 6.45) is 3.19. The van der Waals surface area contributed by atoms with Gasteiger partial charge in [-0.2, -0.15) is 0 Å². The molecule has 0 spiro atoms. The molecule has 3 nitrogen and oxygen atoms in total. The van der Waals surface area contributed by atoms with Crippen LogP contribution in [0.5, 0.6) is 0 Å². The van der Waals surface area contributed by atoms with Gasteiger partial charge in [-0.05, 0) is 25.5 Å². The Kier molecular flexibility index (Phi) is 3.40. The van der Waals surface area contributed by atoms with E-state index in [1.807, 2.05) is 6.92 Å². The molecule has 74 valence electrons. The predicted molar refractivity (Wildman–Crippen MR) is 55.0 cm³/mol. The quantitative estimate of drug-likeness (QED) is 0.687. The highest BCUT2D eigenvalue weighted by Crippen LogP contribution is 2.10. The minimum absolute atomic E-state index is 0.344. The Morgan fingerprint density at radius 1 is 1.71 bits per heavy atom. The number of hydrogen-bond donors (Lipinski definition) is 0. The van der Waals surface area contributed by atoms with E-state index >= 15 is 0 Å². The molecule has 1 aromatic rings. The summed E-state index contributed by atoms with van der Waals surface area (Å²) in [5.74, 6) is -0.344. The van der Waals surface area contributed by atoms with Gasteiger partial charge in [-0.25, -0.2) is 4.79 Å². The van der Waals surface area contributed by atoms with E-state index < -0.39 is 0 Å². The first-order valence-corrected chi connectivity index (χ1v) is 4.45. The van der Waals surface area contributed by atoms with E-state index in [4.69, 9.17) is 4.74 Å². The van der Waals surface area contributed by atoms with Crippen molar-refractivity contribution in [3.05, 3.63) is 35.7 Å². The zero-order chi connectivity index (χ0) is 10.6. The van der Waals surface area contributed by atoms with Crippen molar-refractivity contribution in [2.24, 2.45) is 0 Å². The number of aromatic nitrogens is 1. The first-order valence-electron chi connectivity index (χ1n) is 4.45. The standard InChI is InChI=1S/C11H13NO2/c1-4-9-6-10(7-12-8(9)3)11(13)14-5-2/h4,6-7H,1,5H2,2-3H3. The van der Waals surface area contributed by atoms with Gasteiger partial charge >= 0.3 is 5.97 Å². The lowest BCUT2D eigenvalue weighted by Gasteiger charge is -2.03. The van der Waals surface area contributed by atoms with Gasteiger partial charge in [0.2, 0.25) is 0 Å². The van der Waals surface area contributed by atoms with Gasteiger partial charge in [0.25, 0.3) is 0 Å². The zero-order valence-corrected chi connectivity index (χ0v) is 8.41. The average Bonchev–Trinajstić information content (AvgIpc) is 2.19. The number of nitrogens with zero attached hydrogens (tertiary/aromatic N) is 1. The summed E-state index contributed by atoms with van der Waals surface area (Å²) in [5.41, 5.74) is 2.18. The van der Waals surface area contributed by atoms with Crippen molar-refractivity contribution < 1.29 is 9.53 Å². The number of hydrogen-bond acceptors (Lipinski definition) is 3. The molecule has 0 aromatic carbocycles. The molecule has 0 bridgehead atoms. The van der Waals surface area contributed by atoms with Crippen LogP contribution >= 0.6 is 0 Å². The fourth-order valence-electron chi connectivity index (χ4n) is 1.08. The molecule has 0 saturated heterocycles. The molecule has 0 fully saturated rings. The molecule has 0 amide bonds. The number of aryl methyl sites for hydroxylation is 1. The Bertz CT molecular complexity index is 358. The minimum Gasteiger partial charge on any atom is -0.462 e. The number of ether oxygens (including phenoxy) is 1. The van der Waals surface area contributed by atoms with E-state index in [0.29, 0.717) is 12.2 Å². The van der Waals surface area contributed by atoms with E-state index in [2.05, 4.69) is 11.6 Å². The number of esters is 1. The van der Waals surface area contributed by atoms with Gasteiger partial charge in [-0.15, -0.1) is 0 Å². The maximum absolute atomic E-state index is 11.3. The summed E-state index contributed by atoms with van der Waals surface area (Å²) in [6.45, 7) is 7.66. The molecule has 1 rings (SSSR count). The van der Waals surface area contributed by atoms with Gasteiger partial charge in [-0.3, -0.25) is 4.98 Å². The Labute approximate surface area is 83.4 Å². The number of carbonyl (C=O) groups excluding carboxylic acids is 1. The molecule has 0 N–H and O–H groups in total. The van der Waals surface area contributed by atoms with Gasteiger partial charge < -0.3 is 4.74 Å². The van der Waals surface area contributed by atoms with Crippen LogP contribution in [0.4, 0.5) is 0 Å². The minimum atomic E-state index is -0.344. The van der Waals surface area contributed by atoms with Crippen LogP contribution in [0.3, 0.4) is 0 Å². The number of rotatable bonds is 3. The molecule has 1 aromatic heterocycles. The Morgan fingerprint density at radius 3 is 3.00 bits per heavy atom. The highest BCUT2D eigenvalue weighted by atomic mass is 16.5. The molecular weight excluding hydrogens is 178 g/mol. The fourth-order valence-corrected chi connectivity index (χ4v) is 1.08. The summed E-state index contributed by atoms with van der Waals surface area (Å²) < 4.78 is 4.85. The molecule has 1 heterocycles. The van der Waals surface area contributed by atoms with Crippen LogP contribution in [0.15, 0.2) is 18.8 Å². The lowest BCUT2D eigenvalue weighted by atomic mass is 10.1. The summed E-state index contributed by atoms with van der Waals surface area (Å²) in [7, 11) is 0. The molecule has 0 saturated carbocycles. The summed E-state index contributed by atoms with van der Waals surface area (Å²) in [4.78, 5) is 15.4. The topological polar surface area (TPSA) is 39.2 Å². The third-order valence-electron chi connectivity index (χ3n) is 1.86. The maximum atomic E-state index is 11.3. The number of pyridine rings is 1. The van der Waals surface area contributed by atoms with Crippen LogP contribution < -0.4 is 0 Å². The van der Waals surface area contributed by atoms with Crippen molar-refractivity contribution in [1.82, 2.24) is 4.98 Å². The van der Waals surface area contributed by atoms with Crippen molar-refractivity contribution in [3.63, 3.8) is 0 Å². The van der Waals surface area contributed by atoms with Crippen molar-refractivity contribution in [1.29, 1.82) is 0 Å². The van der Waals surface area contributed by atoms with Gasteiger partial charge in [-0.1, -0.05) is 12.7 Å². The molecule has 0 aliphatic rings. The molecule has 0 aliphatic heterocycles. The molecular formula is C11H13NO2. The summed E-state index contributed by atoms with van der Waals surface area (Å²) in [6, 6.07) is 1.73. The van der Waals surface area contributed by atoms with Crippen molar-refractivity contribution in [2.45, 2.75) is 13.8 Å². The van der Waals surface area contributed by atoms with Crippen molar-refractivity contribution in [3.8, 4) is 0 Å². The zero-order valence-electron chi connectivity index (χ0n) is 8.41. The Balaban J connectivity index is 3.00. The molecule has 0 aliphatic carbocycles. The van der Waals surface area contributed by atoms with E-state index in [9.17, 15) is 4.79 Å². The van der Waals surface area contributed by atoms with Gasteiger partial charge in [0.05, 0.1) is 12.2 Å². The molecule has 0 atom stereocenters. The van der Waals surface area contributed by atoms with Gasteiger partial charge in [0.15, 0.2) is 0 Å². The Hall–Kier alpha value is -1.64. The summed E-state index contributed by atoms with van der Waals surface area (Å²) in [5, 5.41) is 0. The Morgan fingerprint density at radius 2 is 2.43 bits per heavy atom. The largest absolute Gasteiger partial charge is 0.462 e. The van der Waals surface area contributed by atoms with Gasteiger partial charge in [0, 0.05) is 11.9 Å². The average molecular weight is 191 g/mol. The highest BCUT2D eigenvalue weighted by molar-refractivity contribution is 5.89. The molecule has 3 heteroatoms. The molecule has 0 unspecified atom stereocenters. The van der Waals surface area contributed by atoms with Crippen molar-refractivity contribution in [2.75, 3.05) is 6.61 Å². The first kappa shape index (κ1) is 10.4. The van der Waals surface area contributed by atoms with Crippen LogP contribution in [0.1, 0.15) is 28.5 Å². The van der Waals surface area contributed by atoms with Crippen molar-refractivity contribution >= 4 is 12.0 Å². The van der Waals surface area contributed by atoms with Crippen LogP contribution in [0.25, 0.3) is 6.08 Å². The van der Waals surface area contributed by atoms with Crippen LogP contribution in [0, 0.1) is 6.92 Å². The highest BCUT2D eigenvalue weighted by Gasteiger charge is 2.07. The van der Waals surface area contributed by atoms with Gasteiger partial charge in [0.1, 0.15) is 0 Å². The third kappa shape index (κ3) is 2.19. The summed E-state index contributed by atoms with van der Waals surface area (Å²) >= 11 is 0. The monoisotopic (exact) mass is 191 g/mol. The number of carbonyl (C=O) groups is 1. The second kappa shape index (κ2) is 4.56. The molecule has 14 heavy (non-hydrogen) atoms. The third-order valence-corrected chi connectivity index (χ3v) is 1.86.